The Kier molecular flexibility index (Phi) is 6.03. The van der Waals surface area contributed by atoms with Gasteiger partial charge in [-0.25, -0.2) is 4.98 Å². The Morgan fingerprint density at radius 2 is 1.87 bits per heavy atom. The molecule has 0 radical (unpaired) electrons. The second-order valence-corrected chi connectivity index (χ2v) is 7.91. The van der Waals surface area contributed by atoms with Crippen molar-refractivity contribution in [1.29, 1.82) is 0 Å². The van der Waals surface area contributed by atoms with Gasteiger partial charge in [-0.2, -0.15) is 0 Å². The van der Waals surface area contributed by atoms with Gasteiger partial charge in [0.05, 0.1) is 5.56 Å². The lowest BCUT2D eigenvalue weighted by Crippen LogP contribution is -2.49. The fourth-order valence-electron chi connectivity index (χ4n) is 4.31. The number of pyridine rings is 1. The van der Waals surface area contributed by atoms with E-state index >= 15 is 0 Å². The van der Waals surface area contributed by atoms with E-state index in [0.717, 1.165) is 37.4 Å². The molecule has 2 aliphatic rings. The molecule has 2 amide bonds. The predicted molar refractivity (Wildman–Crippen MR) is 113 cm³/mol. The zero-order valence-corrected chi connectivity index (χ0v) is 17.5. The van der Waals surface area contributed by atoms with Gasteiger partial charge in [0.2, 0.25) is 0 Å². The molecule has 0 bridgehead atoms. The van der Waals surface area contributed by atoms with E-state index in [-0.39, 0.29) is 5.91 Å². The first kappa shape index (κ1) is 20.4. The zero-order valence-electron chi connectivity index (χ0n) is 17.5. The fraction of sp³-hybridized carbons (Fsp3) is 0.500. The Labute approximate surface area is 176 Å². The number of carbonyl (C=O) groups excluding carboxylic acids is 2. The predicted octanol–water partition coefficient (Wildman–Crippen LogP) is 1.89. The van der Waals surface area contributed by atoms with E-state index in [4.69, 9.17) is 10.2 Å². The van der Waals surface area contributed by atoms with Crippen LogP contribution in [0.15, 0.2) is 28.8 Å². The van der Waals surface area contributed by atoms with Gasteiger partial charge in [0.1, 0.15) is 11.6 Å². The number of aryl methyl sites for hydroxylation is 1. The van der Waals surface area contributed by atoms with Gasteiger partial charge < -0.3 is 20.0 Å². The molecule has 0 saturated carbocycles. The lowest BCUT2D eigenvalue weighted by molar-refractivity contribution is 0.0712. The largest absolute Gasteiger partial charge is 0.456 e. The highest BCUT2D eigenvalue weighted by atomic mass is 16.4. The SMILES string of the molecule is CCc1oc(C(=O)N2CCN(c3ncccc3C(N)=O)CC2)cc1CN1CCCC1. The Bertz CT molecular complexity index is 911. The van der Waals surface area contributed by atoms with Gasteiger partial charge in [0.15, 0.2) is 5.76 Å². The van der Waals surface area contributed by atoms with Crippen molar-refractivity contribution in [3.8, 4) is 0 Å². The third-order valence-corrected chi connectivity index (χ3v) is 5.94. The standard InChI is InChI=1S/C22H29N5O3/c1-2-18-16(15-25-8-3-4-9-25)14-19(30-18)22(29)27-12-10-26(11-13-27)21-17(20(23)28)6-5-7-24-21/h5-7,14H,2-4,8-13,15H2,1H3,(H2,23,28). The summed E-state index contributed by atoms with van der Waals surface area (Å²) in [6, 6.07) is 5.31. The number of nitrogens with two attached hydrogens (primary N) is 1. The van der Waals surface area contributed by atoms with Crippen molar-refractivity contribution in [2.75, 3.05) is 44.2 Å². The van der Waals surface area contributed by atoms with Crippen LogP contribution in [-0.2, 0) is 13.0 Å². The van der Waals surface area contributed by atoms with Crippen molar-refractivity contribution < 1.29 is 14.0 Å². The van der Waals surface area contributed by atoms with E-state index in [9.17, 15) is 9.59 Å². The summed E-state index contributed by atoms with van der Waals surface area (Å²) in [5.74, 6) is 1.34. The van der Waals surface area contributed by atoms with E-state index in [1.165, 1.54) is 12.8 Å². The number of rotatable bonds is 6. The number of nitrogens with zero attached hydrogens (tertiary/aromatic N) is 4. The van der Waals surface area contributed by atoms with E-state index in [1.54, 1.807) is 23.2 Å². The van der Waals surface area contributed by atoms with Crippen molar-refractivity contribution in [3.05, 3.63) is 47.0 Å². The lowest BCUT2D eigenvalue weighted by Gasteiger charge is -2.35. The average molecular weight is 412 g/mol. The summed E-state index contributed by atoms with van der Waals surface area (Å²) in [7, 11) is 0. The van der Waals surface area contributed by atoms with Crippen LogP contribution in [0, 0.1) is 0 Å². The number of likely N-dealkylation sites (tertiary alicyclic amines) is 1. The summed E-state index contributed by atoms with van der Waals surface area (Å²) in [5, 5.41) is 0. The first-order valence-corrected chi connectivity index (χ1v) is 10.7. The lowest BCUT2D eigenvalue weighted by atomic mass is 10.2. The van der Waals surface area contributed by atoms with Gasteiger partial charge in [0.25, 0.3) is 11.8 Å². The van der Waals surface area contributed by atoms with Crippen LogP contribution in [-0.4, -0.2) is 65.9 Å². The topological polar surface area (TPSA) is 95.9 Å². The minimum atomic E-state index is -0.496. The molecule has 2 aliphatic heterocycles. The van der Waals surface area contributed by atoms with Crippen LogP contribution in [0.5, 0.6) is 0 Å². The van der Waals surface area contributed by atoms with Gasteiger partial charge in [-0.1, -0.05) is 6.92 Å². The summed E-state index contributed by atoms with van der Waals surface area (Å²) < 4.78 is 5.95. The Morgan fingerprint density at radius 3 is 2.53 bits per heavy atom. The molecule has 2 saturated heterocycles. The van der Waals surface area contributed by atoms with E-state index in [0.29, 0.717) is 43.3 Å². The molecule has 160 valence electrons. The molecule has 2 N–H and O–H groups in total. The third kappa shape index (κ3) is 4.18. The number of piperazine rings is 1. The van der Waals surface area contributed by atoms with Crippen molar-refractivity contribution in [2.45, 2.75) is 32.7 Å². The molecule has 0 spiro atoms. The molecule has 2 aromatic rings. The maximum Gasteiger partial charge on any atom is 0.289 e. The van der Waals surface area contributed by atoms with Gasteiger partial charge in [-0.15, -0.1) is 0 Å². The highest BCUT2D eigenvalue weighted by molar-refractivity contribution is 5.97. The van der Waals surface area contributed by atoms with E-state index < -0.39 is 5.91 Å². The smallest absolute Gasteiger partial charge is 0.289 e. The van der Waals surface area contributed by atoms with E-state index in [2.05, 4.69) is 16.8 Å². The Balaban J connectivity index is 1.42. The molecule has 8 heteroatoms. The van der Waals surface area contributed by atoms with Gasteiger partial charge in [-0.3, -0.25) is 14.5 Å². The van der Waals surface area contributed by atoms with Crippen molar-refractivity contribution >= 4 is 17.6 Å². The summed E-state index contributed by atoms with van der Waals surface area (Å²) >= 11 is 0. The first-order chi connectivity index (χ1) is 14.6. The molecule has 2 aromatic heterocycles. The molecule has 0 unspecified atom stereocenters. The maximum absolute atomic E-state index is 13.0. The molecular weight excluding hydrogens is 382 g/mol. The number of carbonyl (C=O) groups is 2. The first-order valence-electron chi connectivity index (χ1n) is 10.7. The highest BCUT2D eigenvalue weighted by Crippen LogP contribution is 2.23. The maximum atomic E-state index is 13.0. The van der Waals surface area contributed by atoms with Crippen LogP contribution in [0.25, 0.3) is 0 Å². The molecule has 0 aliphatic carbocycles. The quantitative estimate of drug-likeness (QED) is 0.780. The summed E-state index contributed by atoms with van der Waals surface area (Å²) in [4.78, 5) is 35.3. The van der Waals surface area contributed by atoms with Crippen LogP contribution in [0.3, 0.4) is 0 Å². The van der Waals surface area contributed by atoms with Crippen LogP contribution < -0.4 is 10.6 Å². The molecular formula is C22H29N5O3. The number of anilines is 1. The van der Waals surface area contributed by atoms with Crippen LogP contribution in [0.2, 0.25) is 0 Å². The van der Waals surface area contributed by atoms with Gasteiger partial charge >= 0.3 is 0 Å². The van der Waals surface area contributed by atoms with Gasteiger partial charge in [0, 0.05) is 50.9 Å². The normalized spacial score (nSPS) is 17.5. The fourth-order valence-corrected chi connectivity index (χ4v) is 4.31. The number of amides is 2. The average Bonchev–Trinajstić information content (AvgIpc) is 3.43. The molecule has 30 heavy (non-hydrogen) atoms. The molecule has 0 atom stereocenters. The van der Waals surface area contributed by atoms with Crippen molar-refractivity contribution in [1.82, 2.24) is 14.8 Å². The molecule has 0 aromatic carbocycles. The van der Waals surface area contributed by atoms with Crippen molar-refractivity contribution in [2.24, 2.45) is 5.73 Å². The summed E-state index contributed by atoms with van der Waals surface area (Å²) in [6.45, 7) is 7.39. The number of furan rings is 1. The van der Waals surface area contributed by atoms with Crippen LogP contribution >= 0.6 is 0 Å². The third-order valence-electron chi connectivity index (χ3n) is 5.94. The summed E-state index contributed by atoms with van der Waals surface area (Å²) in [5.41, 5.74) is 7.01. The second-order valence-electron chi connectivity index (χ2n) is 7.91. The van der Waals surface area contributed by atoms with Crippen LogP contribution in [0.4, 0.5) is 5.82 Å². The number of primary amides is 1. The summed E-state index contributed by atoms with van der Waals surface area (Å²) in [6.07, 6.45) is 4.91. The van der Waals surface area contributed by atoms with Crippen molar-refractivity contribution in [3.63, 3.8) is 0 Å². The Hall–Kier alpha value is -2.87. The number of hydrogen-bond acceptors (Lipinski definition) is 6. The minimum Gasteiger partial charge on any atom is -0.456 e. The zero-order chi connectivity index (χ0) is 21.1. The minimum absolute atomic E-state index is 0.0758. The highest BCUT2D eigenvalue weighted by Gasteiger charge is 2.28. The van der Waals surface area contributed by atoms with Gasteiger partial charge in [-0.05, 0) is 44.1 Å². The molecule has 4 rings (SSSR count). The molecule has 8 nitrogen and oxygen atoms in total. The Morgan fingerprint density at radius 1 is 1.13 bits per heavy atom. The molecule has 2 fully saturated rings. The van der Waals surface area contributed by atoms with E-state index in [1.807, 2.05) is 11.0 Å². The van der Waals surface area contributed by atoms with Crippen LogP contribution in [0.1, 0.15) is 52.0 Å². The number of aromatic nitrogens is 1. The second kappa shape index (κ2) is 8.87. The number of hydrogen-bond donors (Lipinski definition) is 1. The monoisotopic (exact) mass is 411 g/mol. The molecule has 4 heterocycles.